The lowest BCUT2D eigenvalue weighted by Crippen LogP contribution is -2.50. The van der Waals surface area contributed by atoms with Crippen LogP contribution >= 0.6 is 11.6 Å². The molecular formula is C24H24ClFN6O2. The van der Waals surface area contributed by atoms with Gasteiger partial charge in [-0.1, -0.05) is 35.9 Å². The van der Waals surface area contributed by atoms with Gasteiger partial charge in [-0.2, -0.15) is 0 Å². The number of amides is 4. The Bertz CT molecular complexity index is 1160. The van der Waals surface area contributed by atoms with E-state index in [0.717, 1.165) is 11.4 Å². The number of nitrogens with zero attached hydrogens (tertiary/aromatic N) is 3. The molecule has 0 radical (unpaired) electrons. The van der Waals surface area contributed by atoms with Gasteiger partial charge in [-0.05, 0) is 42.8 Å². The summed E-state index contributed by atoms with van der Waals surface area (Å²) in [6.07, 6.45) is 1.54. The molecule has 2 heterocycles. The highest BCUT2D eigenvalue weighted by atomic mass is 35.5. The number of rotatable bonds is 4. The second-order valence-electron chi connectivity index (χ2n) is 7.80. The predicted octanol–water partition coefficient (Wildman–Crippen LogP) is 5.18. The summed E-state index contributed by atoms with van der Waals surface area (Å²) in [6.45, 7) is 4.18. The minimum atomic E-state index is -0.562. The van der Waals surface area contributed by atoms with Crippen molar-refractivity contribution < 1.29 is 14.0 Å². The second-order valence-corrected chi connectivity index (χ2v) is 8.21. The van der Waals surface area contributed by atoms with E-state index in [-0.39, 0.29) is 11.7 Å². The van der Waals surface area contributed by atoms with Crippen LogP contribution in [0, 0.1) is 12.7 Å². The van der Waals surface area contributed by atoms with E-state index in [1.807, 2.05) is 19.1 Å². The molecule has 0 bridgehead atoms. The molecule has 0 spiro atoms. The van der Waals surface area contributed by atoms with Gasteiger partial charge in [-0.3, -0.25) is 0 Å². The maximum absolute atomic E-state index is 13.7. The second kappa shape index (κ2) is 10.4. The van der Waals surface area contributed by atoms with Gasteiger partial charge in [-0.25, -0.2) is 19.0 Å². The Hall–Kier alpha value is -3.85. The minimum absolute atomic E-state index is 0.0937. The van der Waals surface area contributed by atoms with Gasteiger partial charge in [-0.15, -0.1) is 0 Å². The van der Waals surface area contributed by atoms with Crippen LogP contribution in [0.15, 0.2) is 60.8 Å². The molecule has 1 fully saturated rings. The largest absolute Gasteiger partial charge is 0.353 e. The first kappa shape index (κ1) is 23.3. The first-order valence-corrected chi connectivity index (χ1v) is 11.1. The third-order valence-corrected chi connectivity index (χ3v) is 5.79. The number of aryl methyl sites for hydroxylation is 1. The molecule has 3 N–H and O–H groups in total. The zero-order chi connectivity index (χ0) is 24.1. The van der Waals surface area contributed by atoms with Crippen LogP contribution in [0.1, 0.15) is 5.56 Å². The molecule has 3 aromatic rings. The summed E-state index contributed by atoms with van der Waals surface area (Å²) in [5.41, 5.74) is 2.10. The van der Waals surface area contributed by atoms with Crippen molar-refractivity contribution in [3.8, 4) is 0 Å². The topological polar surface area (TPSA) is 89.6 Å². The monoisotopic (exact) mass is 482 g/mol. The van der Waals surface area contributed by atoms with Crippen molar-refractivity contribution in [1.82, 2.24) is 9.88 Å². The third-order valence-electron chi connectivity index (χ3n) is 5.47. The number of urea groups is 2. The van der Waals surface area contributed by atoms with E-state index in [0.29, 0.717) is 42.6 Å². The fourth-order valence-electron chi connectivity index (χ4n) is 3.61. The van der Waals surface area contributed by atoms with Crippen LogP contribution in [0.5, 0.6) is 0 Å². The summed E-state index contributed by atoms with van der Waals surface area (Å²) in [6, 6.07) is 14.2. The number of anilines is 4. The fraction of sp³-hybridized carbons (Fsp3) is 0.208. The molecule has 10 heteroatoms. The van der Waals surface area contributed by atoms with Gasteiger partial charge in [0, 0.05) is 26.2 Å². The molecule has 4 amide bonds. The molecule has 1 aromatic heterocycles. The zero-order valence-corrected chi connectivity index (χ0v) is 19.3. The quantitative estimate of drug-likeness (QED) is 0.478. The number of carbonyl (C=O) groups excluding carboxylic acids is 2. The number of carbonyl (C=O) groups is 2. The minimum Gasteiger partial charge on any atom is -0.353 e. The maximum Gasteiger partial charge on any atom is 0.323 e. The Morgan fingerprint density at radius 2 is 1.71 bits per heavy atom. The standard InChI is InChI=1S/C24H24ClFN6O2/c1-16-5-4-6-18(25)22(16)30-24(34)32-13-11-31(12-14-32)21-10-9-17(15-27-21)28-23(33)29-20-8-3-2-7-19(20)26/h2-10,15H,11-14H2,1H3,(H,30,34)(H2,28,29,33). The van der Waals surface area contributed by atoms with Crippen LogP contribution in [0.25, 0.3) is 0 Å². The Kier molecular flexibility index (Phi) is 7.12. The molecule has 34 heavy (non-hydrogen) atoms. The van der Waals surface area contributed by atoms with Crippen molar-refractivity contribution in [2.75, 3.05) is 47.0 Å². The molecular weight excluding hydrogens is 459 g/mol. The van der Waals surface area contributed by atoms with Gasteiger partial charge < -0.3 is 25.8 Å². The smallest absolute Gasteiger partial charge is 0.323 e. The molecule has 4 rings (SSSR count). The normalized spacial score (nSPS) is 13.4. The van der Waals surface area contributed by atoms with Crippen LogP contribution in [0.2, 0.25) is 5.02 Å². The van der Waals surface area contributed by atoms with Gasteiger partial charge >= 0.3 is 12.1 Å². The van der Waals surface area contributed by atoms with Gasteiger partial charge in [0.2, 0.25) is 0 Å². The lowest BCUT2D eigenvalue weighted by molar-refractivity contribution is 0.208. The van der Waals surface area contributed by atoms with Crippen LogP contribution < -0.4 is 20.9 Å². The summed E-state index contributed by atoms with van der Waals surface area (Å²) < 4.78 is 13.7. The third kappa shape index (κ3) is 5.55. The predicted molar refractivity (Wildman–Crippen MR) is 132 cm³/mol. The molecule has 1 saturated heterocycles. The average Bonchev–Trinajstić information content (AvgIpc) is 2.83. The number of piperazine rings is 1. The van der Waals surface area contributed by atoms with E-state index in [2.05, 4.69) is 25.8 Å². The highest BCUT2D eigenvalue weighted by Gasteiger charge is 2.23. The number of benzene rings is 2. The van der Waals surface area contributed by atoms with E-state index >= 15 is 0 Å². The molecule has 0 unspecified atom stereocenters. The maximum atomic E-state index is 13.7. The molecule has 0 aliphatic carbocycles. The van der Waals surface area contributed by atoms with Gasteiger partial charge in [0.1, 0.15) is 11.6 Å². The van der Waals surface area contributed by atoms with Crippen LogP contribution in [-0.4, -0.2) is 48.1 Å². The summed E-state index contributed by atoms with van der Waals surface area (Å²) in [5.74, 6) is 0.225. The molecule has 176 valence electrons. The number of aromatic nitrogens is 1. The van der Waals surface area contributed by atoms with Gasteiger partial charge in [0.25, 0.3) is 0 Å². The van der Waals surface area contributed by atoms with E-state index in [4.69, 9.17) is 11.6 Å². The lowest BCUT2D eigenvalue weighted by atomic mass is 10.2. The lowest BCUT2D eigenvalue weighted by Gasteiger charge is -2.35. The summed E-state index contributed by atoms with van der Waals surface area (Å²) >= 11 is 6.21. The van der Waals surface area contributed by atoms with Crippen molar-refractivity contribution in [2.24, 2.45) is 0 Å². The summed E-state index contributed by atoms with van der Waals surface area (Å²) in [4.78, 5) is 33.0. The number of pyridine rings is 1. The van der Waals surface area contributed by atoms with Crippen molar-refractivity contribution >= 4 is 46.5 Å². The molecule has 1 aliphatic rings. The van der Waals surface area contributed by atoms with Crippen molar-refractivity contribution in [3.05, 3.63) is 77.2 Å². The first-order chi connectivity index (χ1) is 16.4. The van der Waals surface area contributed by atoms with E-state index < -0.39 is 11.8 Å². The number of hydrogen-bond donors (Lipinski definition) is 3. The van der Waals surface area contributed by atoms with Gasteiger partial charge in [0.05, 0.1) is 28.3 Å². The fourth-order valence-corrected chi connectivity index (χ4v) is 3.88. The van der Waals surface area contributed by atoms with Crippen LogP contribution in [0.4, 0.5) is 36.9 Å². The summed E-state index contributed by atoms with van der Waals surface area (Å²) in [7, 11) is 0. The molecule has 2 aromatic carbocycles. The van der Waals surface area contributed by atoms with Crippen LogP contribution in [0.3, 0.4) is 0 Å². The number of hydrogen-bond acceptors (Lipinski definition) is 4. The number of halogens is 2. The number of para-hydroxylation sites is 2. The highest BCUT2D eigenvalue weighted by molar-refractivity contribution is 6.33. The molecule has 0 atom stereocenters. The van der Waals surface area contributed by atoms with E-state index in [9.17, 15) is 14.0 Å². The molecule has 0 saturated carbocycles. The van der Waals surface area contributed by atoms with E-state index in [1.54, 1.807) is 35.2 Å². The number of nitrogens with one attached hydrogen (secondary N) is 3. The Balaban J connectivity index is 1.28. The SMILES string of the molecule is Cc1cccc(Cl)c1NC(=O)N1CCN(c2ccc(NC(=O)Nc3ccccc3F)cn2)CC1. The average molecular weight is 483 g/mol. The molecule has 8 nitrogen and oxygen atoms in total. The van der Waals surface area contributed by atoms with Crippen molar-refractivity contribution in [2.45, 2.75) is 6.92 Å². The highest BCUT2D eigenvalue weighted by Crippen LogP contribution is 2.26. The van der Waals surface area contributed by atoms with E-state index in [1.165, 1.54) is 18.3 Å². The van der Waals surface area contributed by atoms with Crippen LogP contribution in [-0.2, 0) is 0 Å². The summed E-state index contributed by atoms with van der Waals surface area (Å²) in [5, 5.41) is 8.50. The Morgan fingerprint density at radius 1 is 0.941 bits per heavy atom. The molecule has 1 aliphatic heterocycles. The Morgan fingerprint density at radius 3 is 2.38 bits per heavy atom. The Labute approximate surface area is 201 Å². The van der Waals surface area contributed by atoms with Gasteiger partial charge in [0.15, 0.2) is 0 Å². The van der Waals surface area contributed by atoms with Crippen molar-refractivity contribution in [1.29, 1.82) is 0 Å². The zero-order valence-electron chi connectivity index (χ0n) is 18.5. The van der Waals surface area contributed by atoms with Crippen molar-refractivity contribution in [3.63, 3.8) is 0 Å². The first-order valence-electron chi connectivity index (χ1n) is 10.8.